The summed E-state index contributed by atoms with van der Waals surface area (Å²) in [6, 6.07) is 9.13. The van der Waals surface area contributed by atoms with Gasteiger partial charge in [-0.05, 0) is 47.6 Å². The zero-order chi connectivity index (χ0) is 18.1. The van der Waals surface area contributed by atoms with Gasteiger partial charge in [-0.15, -0.1) is 0 Å². The van der Waals surface area contributed by atoms with Gasteiger partial charge in [-0.3, -0.25) is 15.1 Å². The number of nitrogens with zero attached hydrogens (tertiary/aromatic N) is 1. The van der Waals surface area contributed by atoms with Crippen LogP contribution in [0.3, 0.4) is 0 Å². The van der Waals surface area contributed by atoms with Gasteiger partial charge < -0.3 is 14.8 Å². The summed E-state index contributed by atoms with van der Waals surface area (Å²) in [6.07, 6.45) is 6.50. The number of aromatic nitrogens is 1. The third kappa shape index (κ3) is 5.89. The second-order valence-corrected chi connectivity index (χ2v) is 5.39. The lowest BCUT2D eigenvalue weighted by atomic mass is 10.2. The molecule has 0 saturated heterocycles. The fourth-order valence-corrected chi connectivity index (χ4v) is 2.18. The molecule has 6 nitrogen and oxygen atoms in total. The van der Waals surface area contributed by atoms with Crippen molar-refractivity contribution >= 4 is 29.3 Å². The van der Waals surface area contributed by atoms with Gasteiger partial charge in [0.15, 0.2) is 16.6 Å². The number of benzene rings is 1. The monoisotopic (exact) mass is 357 g/mol. The lowest BCUT2D eigenvalue weighted by Crippen LogP contribution is -2.37. The number of ether oxygens (including phenoxy) is 2. The zero-order valence-electron chi connectivity index (χ0n) is 14.0. The summed E-state index contributed by atoms with van der Waals surface area (Å²) in [5.41, 5.74) is 1.78. The molecule has 0 radical (unpaired) electrons. The molecule has 2 rings (SSSR count). The maximum absolute atomic E-state index is 11.9. The van der Waals surface area contributed by atoms with Gasteiger partial charge >= 0.3 is 0 Å². The highest BCUT2D eigenvalue weighted by molar-refractivity contribution is 7.80. The van der Waals surface area contributed by atoms with Crippen molar-refractivity contribution in [2.45, 2.75) is 6.54 Å². The molecule has 0 spiro atoms. The first-order chi connectivity index (χ1) is 12.1. The predicted octanol–water partition coefficient (Wildman–Crippen LogP) is 2.30. The van der Waals surface area contributed by atoms with Gasteiger partial charge in [0.25, 0.3) is 0 Å². The van der Waals surface area contributed by atoms with Crippen LogP contribution in [0.4, 0.5) is 0 Å². The topological polar surface area (TPSA) is 72.5 Å². The lowest BCUT2D eigenvalue weighted by molar-refractivity contribution is -0.115. The van der Waals surface area contributed by atoms with Gasteiger partial charge in [-0.25, -0.2) is 0 Å². The fourth-order valence-electron chi connectivity index (χ4n) is 2.01. The summed E-state index contributed by atoms with van der Waals surface area (Å²) in [6.45, 7) is 0.492. The van der Waals surface area contributed by atoms with Crippen LogP contribution in [0.5, 0.6) is 11.5 Å². The second kappa shape index (κ2) is 9.39. The fraction of sp³-hybridized carbons (Fsp3) is 0.167. The molecule has 0 aliphatic carbocycles. The minimum Gasteiger partial charge on any atom is -0.493 e. The summed E-state index contributed by atoms with van der Waals surface area (Å²) in [5, 5.41) is 5.80. The van der Waals surface area contributed by atoms with Crippen LogP contribution in [0, 0.1) is 0 Å². The quantitative estimate of drug-likeness (QED) is 0.611. The van der Waals surface area contributed by atoms with Crippen molar-refractivity contribution in [1.29, 1.82) is 0 Å². The summed E-state index contributed by atoms with van der Waals surface area (Å²) < 4.78 is 10.4. The number of amides is 1. The predicted molar refractivity (Wildman–Crippen MR) is 100 cm³/mol. The van der Waals surface area contributed by atoms with E-state index in [9.17, 15) is 4.79 Å². The standard InChI is InChI=1S/C18H19N3O3S/c1-23-15-7-5-13(10-16(15)24-2)6-8-17(22)21-18(25)20-12-14-4-3-9-19-11-14/h3-11H,12H2,1-2H3,(H2,20,21,22,25)/b8-6+. The summed E-state index contributed by atoms with van der Waals surface area (Å²) in [7, 11) is 3.13. The van der Waals surface area contributed by atoms with Crippen molar-refractivity contribution in [3.63, 3.8) is 0 Å². The Morgan fingerprint density at radius 2 is 2.04 bits per heavy atom. The molecule has 0 aliphatic rings. The summed E-state index contributed by atoms with van der Waals surface area (Å²) >= 11 is 5.10. The Labute approximate surface area is 151 Å². The van der Waals surface area contributed by atoms with E-state index in [1.807, 2.05) is 18.2 Å². The Bertz CT molecular complexity index is 763. The number of thiocarbonyl (C=S) groups is 1. The molecule has 7 heteroatoms. The van der Waals surface area contributed by atoms with Crippen LogP contribution < -0.4 is 20.1 Å². The molecule has 1 aromatic heterocycles. The maximum atomic E-state index is 11.9. The average Bonchev–Trinajstić information content (AvgIpc) is 2.65. The molecule has 1 aromatic carbocycles. The van der Waals surface area contributed by atoms with E-state index in [1.165, 1.54) is 6.08 Å². The molecule has 1 amide bonds. The van der Waals surface area contributed by atoms with Crippen LogP contribution in [-0.4, -0.2) is 30.2 Å². The van der Waals surface area contributed by atoms with Crippen molar-refractivity contribution in [3.05, 3.63) is 59.9 Å². The minimum absolute atomic E-state index is 0.255. The zero-order valence-corrected chi connectivity index (χ0v) is 14.8. The van der Waals surface area contributed by atoms with E-state index in [2.05, 4.69) is 15.6 Å². The van der Waals surface area contributed by atoms with Crippen LogP contribution >= 0.6 is 12.2 Å². The molecule has 130 valence electrons. The van der Waals surface area contributed by atoms with Gasteiger partial charge in [-0.2, -0.15) is 0 Å². The third-order valence-corrected chi connectivity index (χ3v) is 3.49. The molecule has 0 aliphatic heterocycles. The molecule has 0 unspecified atom stereocenters. The molecule has 0 fully saturated rings. The van der Waals surface area contributed by atoms with Crippen LogP contribution in [-0.2, 0) is 11.3 Å². The van der Waals surface area contributed by atoms with Crippen LogP contribution in [0.15, 0.2) is 48.8 Å². The maximum Gasteiger partial charge on any atom is 0.250 e. The van der Waals surface area contributed by atoms with Gasteiger partial charge in [0.1, 0.15) is 0 Å². The molecular formula is C18H19N3O3S. The van der Waals surface area contributed by atoms with Gasteiger partial charge in [-0.1, -0.05) is 12.1 Å². The number of carbonyl (C=O) groups excluding carboxylic acids is 1. The Kier molecular flexibility index (Phi) is 6.91. The third-order valence-electron chi connectivity index (χ3n) is 3.25. The second-order valence-electron chi connectivity index (χ2n) is 4.98. The number of rotatable bonds is 6. The number of hydrogen-bond donors (Lipinski definition) is 2. The Morgan fingerprint density at radius 3 is 2.72 bits per heavy atom. The molecule has 2 N–H and O–H groups in total. The van der Waals surface area contributed by atoms with Crippen molar-refractivity contribution in [2.75, 3.05) is 14.2 Å². The molecule has 25 heavy (non-hydrogen) atoms. The van der Waals surface area contributed by atoms with E-state index in [0.29, 0.717) is 18.0 Å². The Hall–Kier alpha value is -2.93. The molecule has 0 bridgehead atoms. The van der Waals surface area contributed by atoms with Crippen molar-refractivity contribution in [2.24, 2.45) is 0 Å². The van der Waals surface area contributed by atoms with E-state index < -0.39 is 0 Å². The molecular weight excluding hydrogens is 338 g/mol. The van der Waals surface area contributed by atoms with Gasteiger partial charge in [0.05, 0.1) is 14.2 Å². The van der Waals surface area contributed by atoms with Gasteiger partial charge in [0, 0.05) is 25.0 Å². The highest BCUT2D eigenvalue weighted by Crippen LogP contribution is 2.27. The van der Waals surface area contributed by atoms with Crippen molar-refractivity contribution in [3.8, 4) is 11.5 Å². The highest BCUT2D eigenvalue weighted by atomic mass is 32.1. The average molecular weight is 357 g/mol. The van der Waals surface area contributed by atoms with Crippen LogP contribution in [0.1, 0.15) is 11.1 Å². The van der Waals surface area contributed by atoms with E-state index >= 15 is 0 Å². The van der Waals surface area contributed by atoms with E-state index in [0.717, 1.165) is 11.1 Å². The smallest absolute Gasteiger partial charge is 0.250 e. The number of pyridine rings is 1. The first-order valence-electron chi connectivity index (χ1n) is 7.50. The van der Waals surface area contributed by atoms with E-state index in [1.54, 1.807) is 44.8 Å². The number of nitrogens with one attached hydrogen (secondary N) is 2. The highest BCUT2D eigenvalue weighted by Gasteiger charge is 2.04. The minimum atomic E-state index is -0.321. The van der Waals surface area contributed by atoms with Crippen LogP contribution in [0.25, 0.3) is 6.08 Å². The summed E-state index contributed by atoms with van der Waals surface area (Å²) in [4.78, 5) is 15.9. The normalized spacial score (nSPS) is 10.3. The molecule has 1 heterocycles. The Morgan fingerprint density at radius 1 is 1.24 bits per heavy atom. The molecule has 0 saturated carbocycles. The number of methoxy groups -OCH3 is 2. The van der Waals surface area contributed by atoms with Crippen molar-refractivity contribution in [1.82, 2.24) is 15.6 Å². The SMILES string of the molecule is COc1ccc(/C=C/C(=O)NC(=S)NCc2cccnc2)cc1OC. The molecule has 0 atom stereocenters. The first-order valence-corrected chi connectivity index (χ1v) is 7.91. The van der Waals surface area contributed by atoms with E-state index in [4.69, 9.17) is 21.7 Å². The number of hydrogen-bond acceptors (Lipinski definition) is 5. The van der Waals surface area contributed by atoms with Gasteiger partial charge in [0.2, 0.25) is 5.91 Å². The Balaban J connectivity index is 1.86. The van der Waals surface area contributed by atoms with Crippen LogP contribution in [0.2, 0.25) is 0 Å². The first kappa shape index (κ1) is 18.4. The molecule has 2 aromatic rings. The summed E-state index contributed by atoms with van der Waals surface area (Å²) in [5.74, 6) is 0.905. The largest absolute Gasteiger partial charge is 0.493 e. The number of carbonyl (C=O) groups is 1. The van der Waals surface area contributed by atoms with Crippen molar-refractivity contribution < 1.29 is 14.3 Å². The lowest BCUT2D eigenvalue weighted by Gasteiger charge is -2.08. The van der Waals surface area contributed by atoms with E-state index in [-0.39, 0.29) is 11.0 Å².